The predicted molar refractivity (Wildman–Crippen MR) is 89.9 cm³/mol. The number of sulfonamides is 1. The molecule has 0 heterocycles. The minimum absolute atomic E-state index is 0.00354. The van der Waals surface area contributed by atoms with E-state index in [1.54, 1.807) is 5.32 Å². The van der Waals surface area contributed by atoms with Crippen LogP contribution in [0.25, 0.3) is 0 Å². The van der Waals surface area contributed by atoms with Gasteiger partial charge < -0.3 is 5.32 Å². The lowest BCUT2D eigenvalue weighted by atomic mass is 10.2. The van der Waals surface area contributed by atoms with Gasteiger partial charge in [0.15, 0.2) is 0 Å². The average molecular weight is 404 g/mol. The molecule has 0 aliphatic carbocycles. The topological polar surface area (TPSA) is 66.5 Å². The Kier molecular flexibility index (Phi) is 6.22. The number of hydrogen-bond acceptors (Lipinski definition) is 3. The standard InChI is InChI=1S/C17H16F4N2O3S/c1-23(10-12-2-6-14(18)7-3-12)27(25,26)15-8-4-13(5-9-15)16(24)22-11-17(19,20)21/h2-9H,10-11H2,1H3,(H,22,24). The Labute approximate surface area is 153 Å². The lowest BCUT2D eigenvalue weighted by molar-refractivity contribution is -0.123. The van der Waals surface area contributed by atoms with E-state index in [0.717, 1.165) is 28.6 Å². The molecule has 0 saturated carbocycles. The molecule has 10 heteroatoms. The van der Waals surface area contributed by atoms with Crippen molar-refractivity contribution in [2.75, 3.05) is 13.6 Å². The van der Waals surface area contributed by atoms with Gasteiger partial charge >= 0.3 is 6.18 Å². The van der Waals surface area contributed by atoms with Crippen molar-refractivity contribution in [1.29, 1.82) is 0 Å². The number of carbonyl (C=O) groups is 1. The van der Waals surface area contributed by atoms with Crippen molar-refractivity contribution in [3.63, 3.8) is 0 Å². The predicted octanol–water partition coefficient (Wildman–Crippen LogP) is 2.94. The first-order chi connectivity index (χ1) is 12.5. The van der Waals surface area contributed by atoms with Crippen molar-refractivity contribution in [2.24, 2.45) is 0 Å². The summed E-state index contributed by atoms with van der Waals surface area (Å²) in [6.45, 7) is -1.48. The summed E-state index contributed by atoms with van der Waals surface area (Å²) in [7, 11) is -2.56. The van der Waals surface area contributed by atoms with Crippen LogP contribution in [0.3, 0.4) is 0 Å². The Morgan fingerprint density at radius 2 is 1.59 bits per heavy atom. The summed E-state index contributed by atoms with van der Waals surface area (Å²) < 4.78 is 75.4. The van der Waals surface area contributed by atoms with Crippen molar-refractivity contribution in [3.05, 3.63) is 65.5 Å². The van der Waals surface area contributed by atoms with Gasteiger partial charge in [-0.3, -0.25) is 4.79 Å². The van der Waals surface area contributed by atoms with Gasteiger partial charge in [-0.2, -0.15) is 17.5 Å². The van der Waals surface area contributed by atoms with Crippen LogP contribution in [0.2, 0.25) is 0 Å². The molecular weight excluding hydrogens is 388 g/mol. The molecule has 0 saturated heterocycles. The highest BCUT2D eigenvalue weighted by atomic mass is 32.2. The summed E-state index contributed by atoms with van der Waals surface area (Å²) in [5.41, 5.74) is 0.477. The Hall–Kier alpha value is -2.46. The average Bonchev–Trinajstić information content (AvgIpc) is 2.61. The molecule has 1 amide bonds. The van der Waals surface area contributed by atoms with Gasteiger partial charge in [0.25, 0.3) is 5.91 Å². The fourth-order valence-electron chi connectivity index (χ4n) is 2.17. The highest BCUT2D eigenvalue weighted by molar-refractivity contribution is 7.89. The van der Waals surface area contributed by atoms with Crippen LogP contribution in [0.4, 0.5) is 17.6 Å². The molecule has 0 atom stereocenters. The van der Waals surface area contributed by atoms with Crippen molar-refractivity contribution in [2.45, 2.75) is 17.6 Å². The minimum atomic E-state index is -4.54. The van der Waals surface area contributed by atoms with Crippen LogP contribution >= 0.6 is 0 Å². The molecule has 0 aliphatic heterocycles. The molecule has 1 N–H and O–H groups in total. The zero-order valence-corrected chi connectivity index (χ0v) is 14.9. The van der Waals surface area contributed by atoms with Crippen molar-refractivity contribution in [3.8, 4) is 0 Å². The van der Waals surface area contributed by atoms with Crippen LogP contribution in [0.15, 0.2) is 53.4 Å². The van der Waals surface area contributed by atoms with Gasteiger partial charge in [0.2, 0.25) is 10.0 Å². The number of carbonyl (C=O) groups excluding carboxylic acids is 1. The first kappa shape index (κ1) is 20.8. The number of alkyl halides is 3. The van der Waals surface area contributed by atoms with Crippen LogP contribution in [0.5, 0.6) is 0 Å². The molecule has 2 aromatic rings. The summed E-state index contributed by atoms with van der Waals surface area (Å²) in [4.78, 5) is 11.5. The van der Waals surface area contributed by atoms with E-state index < -0.39 is 34.5 Å². The van der Waals surface area contributed by atoms with Crippen molar-refractivity contribution < 1.29 is 30.8 Å². The number of nitrogens with zero attached hydrogens (tertiary/aromatic N) is 1. The third-order valence-corrected chi connectivity index (χ3v) is 5.41. The number of nitrogens with one attached hydrogen (secondary N) is 1. The molecule has 5 nitrogen and oxygen atoms in total. The fraction of sp³-hybridized carbons (Fsp3) is 0.235. The summed E-state index contributed by atoms with van der Waals surface area (Å²) in [6, 6.07) is 9.87. The summed E-state index contributed by atoms with van der Waals surface area (Å²) in [5.74, 6) is -1.40. The Balaban J connectivity index is 2.09. The third-order valence-electron chi connectivity index (χ3n) is 3.59. The van der Waals surface area contributed by atoms with Crippen molar-refractivity contribution >= 4 is 15.9 Å². The van der Waals surface area contributed by atoms with Crippen LogP contribution in [0.1, 0.15) is 15.9 Å². The van der Waals surface area contributed by atoms with E-state index in [1.807, 2.05) is 0 Å². The molecule has 2 aromatic carbocycles. The molecule has 0 bridgehead atoms. The highest BCUT2D eigenvalue weighted by Gasteiger charge is 2.28. The number of rotatable bonds is 6. The van der Waals surface area contributed by atoms with Gasteiger partial charge in [-0.25, -0.2) is 12.8 Å². The largest absolute Gasteiger partial charge is 0.405 e. The molecule has 27 heavy (non-hydrogen) atoms. The maximum atomic E-state index is 12.9. The Morgan fingerprint density at radius 3 is 2.11 bits per heavy atom. The smallest absolute Gasteiger partial charge is 0.343 e. The van der Waals surface area contributed by atoms with Crippen LogP contribution in [0, 0.1) is 5.82 Å². The van der Waals surface area contributed by atoms with E-state index >= 15 is 0 Å². The van der Waals surface area contributed by atoms with Crippen LogP contribution in [-0.4, -0.2) is 38.4 Å². The summed E-state index contributed by atoms with van der Waals surface area (Å²) in [6.07, 6.45) is -4.54. The second-order valence-corrected chi connectivity index (χ2v) is 7.75. The zero-order valence-electron chi connectivity index (χ0n) is 14.1. The minimum Gasteiger partial charge on any atom is -0.343 e. The molecule has 146 valence electrons. The monoisotopic (exact) mass is 404 g/mol. The zero-order chi connectivity index (χ0) is 20.2. The number of halogens is 4. The Morgan fingerprint density at radius 1 is 1.04 bits per heavy atom. The SMILES string of the molecule is CN(Cc1ccc(F)cc1)S(=O)(=O)c1ccc(C(=O)NCC(F)(F)F)cc1. The maximum Gasteiger partial charge on any atom is 0.405 e. The van der Waals surface area contributed by atoms with Gasteiger partial charge in [-0.05, 0) is 42.0 Å². The normalized spacial score (nSPS) is 12.2. The quantitative estimate of drug-likeness (QED) is 0.753. The highest BCUT2D eigenvalue weighted by Crippen LogP contribution is 2.18. The van der Waals surface area contributed by atoms with E-state index in [9.17, 15) is 30.8 Å². The summed E-state index contributed by atoms with van der Waals surface area (Å²) >= 11 is 0. The van der Waals surface area contributed by atoms with Gasteiger partial charge in [0, 0.05) is 19.2 Å². The molecule has 0 fully saturated rings. The molecule has 0 aliphatic rings. The van der Waals surface area contributed by atoms with Gasteiger partial charge in [0.1, 0.15) is 12.4 Å². The van der Waals surface area contributed by atoms with E-state index in [1.165, 1.54) is 31.3 Å². The lowest BCUT2D eigenvalue weighted by Gasteiger charge is -2.17. The molecule has 0 spiro atoms. The lowest BCUT2D eigenvalue weighted by Crippen LogP contribution is -2.33. The van der Waals surface area contributed by atoms with E-state index in [2.05, 4.69) is 0 Å². The summed E-state index contributed by atoms with van der Waals surface area (Å²) in [5, 5.41) is 1.70. The Bertz CT molecular complexity index is 895. The van der Waals surface area contributed by atoms with Crippen molar-refractivity contribution in [1.82, 2.24) is 9.62 Å². The molecule has 2 rings (SSSR count). The fourth-order valence-corrected chi connectivity index (χ4v) is 3.33. The number of hydrogen-bond donors (Lipinski definition) is 1. The molecule has 0 unspecified atom stereocenters. The molecule has 0 aromatic heterocycles. The molecule has 0 radical (unpaired) electrons. The molecular formula is C17H16F4N2O3S. The first-order valence-electron chi connectivity index (χ1n) is 7.65. The maximum absolute atomic E-state index is 12.9. The van der Waals surface area contributed by atoms with Gasteiger partial charge in [0.05, 0.1) is 4.90 Å². The first-order valence-corrected chi connectivity index (χ1v) is 9.09. The van der Waals surface area contributed by atoms with E-state index in [-0.39, 0.29) is 17.0 Å². The van der Waals surface area contributed by atoms with Gasteiger partial charge in [-0.15, -0.1) is 0 Å². The van der Waals surface area contributed by atoms with Crippen LogP contribution in [-0.2, 0) is 16.6 Å². The number of benzene rings is 2. The third kappa shape index (κ3) is 5.76. The van der Waals surface area contributed by atoms with Crippen LogP contribution < -0.4 is 5.32 Å². The second kappa shape index (κ2) is 8.05. The number of amides is 1. The second-order valence-electron chi connectivity index (χ2n) is 5.71. The van der Waals surface area contributed by atoms with Gasteiger partial charge in [-0.1, -0.05) is 12.1 Å². The van der Waals surface area contributed by atoms with E-state index in [4.69, 9.17) is 0 Å². The van der Waals surface area contributed by atoms with E-state index in [0.29, 0.717) is 5.56 Å².